The van der Waals surface area contributed by atoms with E-state index in [9.17, 15) is 5.11 Å². The third-order valence-electron chi connectivity index (χ3n) is 4.48. The van der Waals surface area contributed by atoms with Gasteiger partial charge in [-0.3, -0.25) is 0 Å². The standard InChI is InChI=1S/C18H26N6O/c1-11-8-12(2)21-18(20-11)24-13(3)9-23(10-14(24)4)16-6-7-19-17(22-16)15(5)25/h6-8,13-15,25H,9-10H2,1-5H3/t13-,14?,15-/m1/s1. The highest BCUT2D eigenvalue weighted by Crippen LogP contribution is 2.25. The molecule has 0 radical (unpaired) electrons. The van der Waals surface area contributed by atoms with Crippen LogP contribution in [0.25, 0.3) is 0 Å². The number of rotatable bonds is 3. The van der Waals surface area contributed by atoms with Gasteiger partial charge in [-0.25, -0.2) is 19.9 Å². The van der Waals surface area contributed by atoms with E-state index < -0.39 is 6.10 Å². The van der Waals surface area contributed by atoms with Gasteiger partial charge in [0.2, 0.25) is 5.95 Å². The number of aliphatic hydroxyl groups excluding tert-OH is 1. The Morgan fingerprint density at radius 1 is 1.08 bits per heavy atom. The Labute approximate surface area is 148 Å². The molecule has 0 aliphatic carbocycles. The number of aromatic nitrogens is 4. The summed E-state index contributed by atoms with van der Waals surface area (Å²) in [6, 6.07) is 4.38. The summed E-state index contributed by atoms with van der Waals surface area (Å²) in [5.41, 5.74) is 1.98. The van der Waals surface area contributed by atoms with Crippen molar-refractivity contribution in [2.75, 3.05) is 22.9 Å². The molecule has 0 amide bonds. The summed E-state index contributed by atoms with van der Waals surface area (Å²) in [6.45, 7) is 11.7. The second-order valence-corrected chi connectivity index (χ2v) is 6.91. The van der Waals surface area contributed by atoms with Crippen molar-refractivity contribution < 1.29 is 5.11 Å². The van der Waals surface area contributed by atoms with Crippen molar-refractivity contribution in [1.82, 2.24) is 19.9 Å². The van der Waals surface area contributed by atoms with E-state index in [1.54, 1.807) is 13.1 Å². The zero-order chi connectivity index (χ0) is 18.1. The van der Waals surface area contributed by atoms with Crippen LogP contribution in [0.5, 0.6) is 0 Å². The molecule has 7 heteroatoms. The lowest BCUT2D eigenvalue weighted by atomic mass is 10.1. The highest BCUT2D eigenvalue weighted by Gasteiger charge is 2.32. The molecule has 3 atom stereocenters. The fourth-order valence-electron chi connectivity index (χ4n) is 3.47. The summed E-state index contributed by atoms with van der Waals surface area (Å²) in [5, 5.41) is 9.72. The average molecular weight is 342 g/mol. The molecule has 3 heterocycles. The van der Waals surface area contributed by atoms with Crippen LogP contribution in [0, 0.1) is 13.8 Å². The van der Waals surface area contributed by atoms with Crippen LogP contribution >= 0.6 is 0 Å². The molecule has 1 aliphatic heterocycles. The number of nitrogens with zero attached hydrogens (tertiary/aromatic N) is 6. The van der Waals surface area contributed by atoms with Gasteiger partial charge in [0.1, 0.15) is 11.9 Å². The van der Waals surface area contributed by atoms with Crippen LogP contribution in [0.2, 0.25) is 0 Å². The Balaban J connectivity index is 1.83. The van der Waals surface area contributed by atoms with Gasteiger partial charge in [-0.1, -0.05) is 0 Å². The van der Waals surface area contributed by atoms with Gasteiger partial charge < -0.3 is 14.9 Å². The molecular formula is C18H26N6O. The topological polar surface area (TPSA) is 78.3 Å². The van der Waals surface area contributed by atoms with Crippen LogP contribution in [0.15, 0.2) is 18.3 Å². The summed E-state index contributed by atoms with van der Waals surface area (Å²) in [7, 11) is 0. The van der Waals surface area contributed by atoms with Crippen LogP contribution in [-0.2, 0) is 0 Å². The molecule has 1 fully saturated rings. The van der Waals surface area contributed by atoms with Crippen molar-refractivity contribution in [3.8, 4) is 0 Å². The lowest BCUT2D eigenvalue weighted by molar-refractivity contribution is 0.189. The van der Waals surface area contributed by atoms with E-state index in [0.717, 1.165) is 36.2 Å². The number of anilines is 2. The molecule has 1 unspecified atom stereocenters. The number of hydrogen-bond donors (Lipinski definition) is 1. The summed E-state index contributed by atoms with van der Waals surface area (Å²) in [6.07, 6.45) is 1.04. The van der Waals surface area contributed by atoms with Crippen LogP contribution in [0.3, 0.4) is 0 Å². The predicted molar refractivity (Wildman–Crippen MR) is 97.8 cm³/mol. The Morgan fingerprint density at radius 2 is 1.68 bits per heavy atom. The second kappa shape index (κ2) is 6.92. The number of aliphatic hydroxyl groups is 1. The fraction of sp³-hybridized carbons (Fsp3) is 0.556. The van der Waals surface area contributed by atoms with Gasteiger partial charge in [-0.15, -0.1) is 0 Å². The minimum atomic E-state index is -0.667. The van der Waals surface area contributed by atoms with Crippen LogP contribution in [0.4, 0.5) is 11.8 Å². The normalized spacial score (nSPS) is 22.2. The molecule has 2 aromatic rings. The first-order valence-electron chi connectivity index (χ1n) is 8.71. The maximum absolute atomic E-state index is 9.72. The van der Waals surface area contributed by atoms with E-state index in [1.807, 2.05) is 26.0 Å². The van der Waals surface area contributed by atoms with Crippen LogP contribution < -0.4 is 9.80 Å². The molecule has 134 valence electrons. The van der Waals surface area contributed by atoms with Crippen molar-refractivity contribution in [1.29, 1.82) is 0 Å². The molecule has 3 rings (SSSR count). The van der Waals surface area contributed by atoms with Gasteiger partial charge in [0.15, 0.2) is 5.82 Å². The van der Waals surface area contributed by atoms with E-state index in [1.165, 1.54) is 0 Å². The van der Waals surface area contributed by atoms with Gasteiger partial charge >= 0.3 is 0 Å². The van der Waals surface area contributed by atoms with Crippen molar-refractivity contribution in [2.45, 2.75) is 52.8 Å². The summed E-state index contributed by atoms with van der Waals surface area (Å²) in [5.74, 6) is 2.10. The summed E-state index contributed by atoms with van der Waals surface area (Å²) in [4.78, 5) is 22.4. The van der Waals surface area contributed by atoms with Gasteiger partial charge in [-0.05, 0) is 46.8 Å². The lowest BCUT2D eigenvalue weighted by Gasteiger charge is -2.45. The predicted octanol–water partition coefficient (Wildman–Crippen LogP) is 2.04. The number of piperazine rings is 1. The van der Waals surface area contributed by atoms with E-state index in [4.69, 9.17) is 0 Å². The Kier molecular flexibility index (Phi) is 4.85. The highest BCUT2D eigenvalue weighted by atomic mass is 16.3. The Hall–Kier alpha value is -2.28. The molecule has 1 aliphatic rings. The van der Waals surface area contributed by atoms with Crippen molar-refractivity contribution >= 4 is 11.8 Å². The molecule has 0 aromatic carbocycles. The first kappa shape index (κ1) is 17.5. The molecule has 0 saturated carbocycles. The molecule has 7 nitrogen and oxygen atoms in total. The van der Waals surface area contributed by atoms with Crippen LogP contribution in [0.1, 0.15) is 44.1 Å². The summed E-state index contributed by atoms with van der Waals surface area (Å²) < 4.78 is 0. The molecule has 2 aromatic heterocycles. The quantitative estimate of drug-likeness (QED) is 0.914. The van der Waals surface area contributed by atoms with Gasteiger partial charge in [0.25, 0.3) is 0 Å². The maximum atomic E-state index is 9.72. The minimum Gasteiger partial charge on any atom is -0.385 e. The number of aryl methyl sites for hydroxylation is 2. The summed E-state index contributed by atoms with van der Waals surface area (Å²) >= 11 is 0. The van der Waals surface area contributed by atoms with Crippen molar-refractivity contribution in [2.24, 2.45) is 0 Å². The zero-order valence-corrected chi connectivity index (χ0v) is 15.5. The lowest BCUT2D eigenvalue weighted by Crippen LogP contribution is -2.58. The van der Waals surface area contributed by atoms with Gasteiger partial charge in [0.05, 0.1) is 0 Å². The maximum Gasteiger partial charge on any atom is 0.226 e. The first-order valence-corrected chi connectivity index (χ1v) is 8.71. The van der Waals surface area contributed by atoms with Gasteiger partial charge in [-0.2, -0.15) is 0 Å². The largest absolute Gasteiger partial charge is 0.385 e. The monoisotopic (exact) mass is 342 g/mol. The van der Waals surface area contributed by atoms with Crippen molar-refractivity contribution in [3.05, 3.63) is 35.5 Å². The SMILES string of the molecule is Cc1cc(C)nc(N2C(C)CN(c3ccnc([C@@H](C)O)n3)C[C@H]2C)n1. The molecule has 1 saturated heterocycles. The first-order chi connectivity index (χ1) is 11.8. The van der Waals surface area contributed by atoms with Gasteiger partial charge in [0, 0.05) is 42.8 Å². The fourth-order valence-corrected chi connectivity index (χ4v) is 3.47. The smallest absolute Gasteiger partial charge is 0.226 e. The van der Waals surface area contributed by atoms with E-state index >= 15 is 0 Å². The number of hydrogen-bond acceptors (Lipinski definition) is 7. The highest BCUT2D eigenvalue weighted by molar-refractivity contribution is 5.45. The van der Waals surface area contributed by atoms with E-state index in [2.05, 4.69) is 43.6 Å². The van der Waals surface area contributed by atoms with Crippen molar-refractivity contribution in [3.63, 3.8) is 0 Å². The molecular weight excluding hydrogens is 316 g/mol. The molecule has 1 N–H and O–H groups in total. The third kappa shape index (κ3) is 3.71. The van der Waals surface area contributed by atoms with Crippen LogP contribution in [-0.4, -0.2) is 50.2 Å². The third-order valence-corrected chi connectivity index (χ3v) is 4.48. The Morgan fingerprint density at radius 3 is 2.24 bits per heavy atom. The Bertz CT molecular complexity index is 718. The average Bonchev–Trinajstić information content (AvgIpc) is 2.53. The van der Waals surface area contributed by atoms with E-state index in [0.29, 0.717) is 5.82 Å². The minimum absolute atomic E-state index is 0.245. The molecule has 0 bridgehead atoms. The zero-order valence-electron chi connectivity index (χ0n) is 15.5. The second-order valence-electron chi connectivity index (χ2n) is 6.91. The van der Waals surface area contributed by atoms with E-state index in [-0.39, 0.29) is 12.1 Å². The molecule has 0 spiro atoms. The molecule has 25 heavy (non-hydrogen) atoms.